The Morgan fingerprint density at radius 1 is 0.304 bits per heavy atom. The van der Waals surface area contributed by atoms with Crippen molar-refractivity contribution in [2.75, 3.05) is 40.8 Å². The van der Waals surface area contributed by atoms with Crippen LogP contribution in [0.25, 0.3) is 43.8 Å². The largest absolute Gasteiger partial charge is 0.497 e. The van der Waals surface area contributed by atoms with Crippen LogP contribution >= 0.6 is 0 Å². The van der Waals surface area contributed by atoms with Crippen molar-refractivity contribution < 1.29 is 9.66 Å². The number of hydrogen-bond acceptors (Lipinski definition) is 7. The van der Waals surface area contributed by atoms with E-state index >= 15 is 0 Å². The Morgan fingerprint density at radius 3 is 1.01 bits per heavy atom. The van der Waals surface area contributed by atoms with Gasteiger partial charge in [0, 0.05) is 89.2 Å². The van der Waals surface area contributed by atoms with Gasteiger partial charge in [-0.15, -0.1) is 0 Å². The van der Waals surface area contributed by atoms with Gasteiger partial charge in [0.15, 0.2) is 0 Å². The number of hydrogen-bond donors (Lipinski definition) is 0. The monoisotopic (exact) mass is 1030 g/mol. The molecular weight excluding hydrogens is 971 g/mol. The Balaban J connectivity index is 0.000000167. The highest BCUT2D eigenvalue weighted by Crippen LogP contribution is 2.40. The summed E-state index contributed by atoms with van der Waals surface area (Å²) in [5.74, 6) is 0.851. The average Bonchev–Trinajstić information content (AvgIpc) is 3.57. The van der Waals surface area contributed by atoms with Crippen molar-refractivity contribution in [2.45, 2.75) is 0 Å². The third-order valence-electron chi connectivity index (χ3n) is 14.3. The van der Waals surface area contributed by atoms with Crippen LogP contribution in [-0.4, -0.2) is 26.1 Å². The molecule has 0 aliphatic rings. The fourth-order valence-electron chi connectivity index (χ4n) is 9.96. The van der Waals surface area contributed by atoms with E-state index in [1.54, 1.807) is 19.2 Å². The molecule has 12 rings (SSSR count). The summed E-state index contributed by atoms with van der Waals surface area (Å²) in [7, 11) is 5.72. The molecule has 384 valence electrons. The quantitative estimate of drug-likeness (QED) is 0.0794. The molecule has 12 aromatic rings. The number of fused-ring (bicyclic) bond motifs is 2. The minimum absolute atomic E-state index is 0.0855. The number of nitro benzene ring substituents is 1. The molecule has 8 heteroatoms. The van der Waals surface area contributed by atoms with E-state index in [4.69, 9.17) is 4.74 Å². The number of benzene rings is 12. The van der Waals surface area contributed by atoms with Crippen molar-refractivity contribution in [3.05, 3.63) is 301 Å². The molecule has 0 saturated heterocycles. The summed E-state index contributed by atoms with van der Waals surface area (Å²) in [4.78, 5) is 19.3. The van der Waals surface area contributed by atoms with Crippen LogP contribution in [0.15, 0.2) is 291 Å². The first kappa shape index (κ1) is 50.7. The Bertz CT molecular complexity index is 3990. The van der Waals surface area contributed by atoms with E-state index in [9.17, 15) is 10.1 Å². The molecule has 0 radical (unpaired) electrons. The van der Waals surface area contributed by atoms with Crippen LogP contribution in [0.2, 0.25) is 0 Å². The standard InChI is InChI=1S/C36H30N2O.C35H27N3O2/c1-37(34-13-8-14-36(26-34)39-2)31-20-15-28(16-21-31)29-17-22-33(23-18-29)38(32-11-4-3-5-12-32)35-24-19-27-9-6-7-10-30(27)25-35;1-36(31-21-23-34(24-22-31)38(39)40)30-16-11-27(12-17-30)28-13-18-33(19-14-28)37(32-9-3-2-4-10-32)35-20-15-26-7-5-6-8-29(26)25-35/h3-26H,1-2H3;2-25H,1H3. The van der Waals surface area contributed by atoms with Gasteiger partial charge in [-0.3, -0.25) is 10.1 Å². The minimum Gasteiger partial charge on any atom is -0.497 e. The first-order valence-corrected chi connectivity index (χ1v) is 26.2. The number of ether oxygens (including phenoxy) is 1. The summed E-state index contributed by atoms with van der Waals surface area (Å²) in [6, 6.07) is 100. The maximum Gasteiger partial charge on any atom is 0.269 e. The molecule has 12 aromatic carbocycles. The minimum atomic E-state index is -0.384. The van der Waals surface area contributed by atoms with Crippen molar-refractivity contribution >= 4 is 84.1 Å². The van der Waals surface area contributed by atoms with Crippen molar-refractivity contribution in [2.24, 2.45) is 0 Å². The van der Waals surface area contributed by atoms with Crippen molar-refractivity contribution in [1.29, 1.82) is 0 Å². The van der Waals surface area contributed by atoms with E-state index in [-0.39, 0.29) is 10.6 Å². The summed E-state index contributed by atoms with van der Waals surface area (Å²) in [5, 5.41) is 15.9. The highest BCUT2D eigenvalue weighted by atomic mass is 16.6. The summed E-state index contributed by atoms with van der Waals surface area (Å²) < 4.78 is 5.39. The van der Waals surface area contributed by atoms with Gasteiger partial charge in [0.05, 0.1) is 12.0 Å². The van der Waals surface area contributed by atoms with E-state index in [0.717, 1.165) is 73.8 Å². The second kappa shape index (κ2) is 23.2. The summed E-state index contributed by atoms with van der Waals surface area (Å²) in [5.41, 5.74) is 15.5. The maximum absolute atomic E-state index is 11.0. The zero-order valence-corrected chi connectivity index (χ0v) is 44.2. The molecular formula is C71H57N5O3. The molecule has 0 fully saturated rings. The Morgan fingerprint density at radius 2 is 0.620 bits per heavy atom. The third kappa shape index (κ3) is 11.4. The average molecular weight is 1030 g/mol. The van der Waals surface area contributed by atoms with Gasteiger partial charge in [-0.1, -0.05) is 152 Å². The van der Waals surface area contributed by atoms with Gasteiger partial charge in [0.2, 0.25) is 0 Å². The molecule has 0 aliphatic carbocycles. The van der Waals surface area contributed by atoms with Gasteiger partial charge >= 0.3 is 0 Å². The zero-order valence-electron chi connectivity index (χ0n) is 44.2. The van der Waals surface area contributed by atoms with Gasteiger partial charge in [-0.05, 0) is 165 Å². The molecule has 0 aromatic heterocycles. The van der Waals surface area contributed by atoms with Crippen molar-refractivity contribution in [3.63, 3.8) is 0 Å². The maximum atomic E-state index is 11.0. The van der Waals surface area contributed by atoms with Crippen LogP contribution in [0.5, 0.6) is 5.75 Å². The van der Waals surface area contributed by atoms with E-state index in [0.29, 0.717) is 0 Å². The normalized spacial score (nSPS) is 10.8. The fraction of sp³-hybridized carbons (Fsp3) is 0.0423. The lowest BCUT2D eigenvalue weighted by Gasteiger charge is -2.26. The number of nitrogens with zero attached hydrogens (tertiary/aromatic N) is 5. The second-order valence-corrected chi connectivity index (χ2v) is 19.2. The lowest BCUT2D eigenvalue weighted by Crippen LogP contribution is -2.09. The fourth-order valence-corrected chi connectivity index (χ4v) is 9.96. The van der Waals surface area contributed by atoms with Crippen molar-refractivity contribution in [3.8, 4) is 28.0 Å². The molecule has 0 heterocycles. The van der Waals surface area contributed by atoms with Crippen LogP contribution in [0, 0.1) is 10.1 Å². The van der Waals surface area contributed by atoms with Crippen LogP contribution in [0.1, 0.15) is 0 Å². The molecule has 0 unspecified atom stereocenters. The predicted octanol–water partition coefficient (Wildman–Crippen LogP) is 19.4. The van der Waals surface area contributed by atoms with Gasteiger partial charge in [-0.25, -0.2) is 0 Å². The highest BCUT2D eigenvalue weighted by molar-refractivity contribution is 5.91. The molecule has 0 amide bonds. The predicted molar refractivity (Wildman–Crippen MR) is 330 cm³/mol. The Labute approximate surface area is 461 Å². The smallest absolute Gasteiger partial charge is 0.269 e. The summed E-state index contributed by atoms with van der Waals surface area (Å²) in [6.07, 6.45) is 0. The molecule has 8 nitrogen and oxygen atoms in total. The highest BCUT2D eigenvalue weighted by Gasteiger charge is 2.16. The topological polar surface area (TPSA) is 65.3 Å². The van der Waals surface area contributed by atoms with Crippen LogP contribution in [0.3, 0.4) is 0 Å². The van der Waals surface area contributed by atoms with Crippen molar-refractivity contribution in [1.82, 2.24) is 0 Å². The zero-order chi connectivity index (χ0) is 54.1. The lowest BCUT2D eigenvalue weighted by molar-refractivity contribution is -0.384. The Hall–Kier alpha value is -10.4. The van der Waals surface area contributed by atoms with Gasteiger partial charge < -0.3 is 24.3 Å². The second-order valence-electron chi connectivity index (χ2n) is 19.2. The Kier molecular flexibility index (Phi) is 14.9. The first-order valence-electron chi connectivity index (χ1n) is 26.2. The molecule has 79 heavy (non-hydrogen) atoms. The number of nitro groups is 1. The van der Waals surface area contributed by atoms with E-state index in [1.165, 1.54) is 44.8 Å². The van der Waals surface area contributed by atoms with Gasteiger partial charge in [0.25, 0.3) is 5.69 Å². The number of methoxy groups -OCH3 is 1. The summed E-state index contributed by atoms with van der Waals surface area (Å²) in [6.45, 7) is 0. The van der Waals surface area contributed by atoms with Gasteiger partial charge in [-0.2, -0.15) is 0 Å². The molecule has 0 bridgehead atoms. The number of rotatable bonds is 14. The van der Waals surface area contributed by atoms with E-state index in [2.05, 4.69) is 264 Å². The number of non-ortho nitro benzene ring substituents is 1. The molecule has 0 saturated carbocycles. The first-order chi connectivity index (χ1) is 38.8. The van der Waals surface area contributed by atoms with Crippen LogP contribution < -0.4 is 24.3 Å². The molecule has 0 atom stereocenters. The van der Waals surface area contributed by atoms with Gasteiger partial charge in [0.1, 0.15) is 5.75 Å². The van der Waals surface area contributed by atoms with Crippen LogP contribution in [0.4, 0.5) is 62.6 Å². The van der Waals surface area contributed by atoms with E-state index in [1.807, 2.05) is 36.2 Å². The molecule has 0 spiro atoms. The molecule has 0 aliphatic heterocycles. The molecule has 0 N–H and O–H groups in total. The summed E-state index contributed by atoms with van der Waals surface area (Å²) >= 11 is 0. The number of anilines is 10. The van der Waals surface area contributed by atoms with Crippen LogP contribution in [-0.2, 0) is 0 Å². The number of para-hydroxylation sites is 2. The third-order valence-corrected chi connectivity index (χ3v) is 14.3. The SMILES string of the molecule is CN(c1ccc(-c2ccc(N(c3ccccc3)c3ccc4ccccc4c3)cc2)cc1)c1ccc([N+](=O)[O-])cc1.COc1cccc(N(C)c2ccc(-c3ccc(N(c4ccccc4)c4ccc5ccccc5c4)cc3)cc2)c1. The van der Waals surface area contributed by atoms with E-state index < -0.39 is 0 Å². The lowest BCUT2D eigenvalue weighted by atomic mass is 10.0.